The first-order chi connectivity index (χ1) is 10.9. The number of aryl methyl sites for hydroxylation is 1. The van der Waals surface area contributed by atoms with Gasteiger partial charge in [-0.25, -0.2) is 0 Å². The Labute approximate surface area is 145 Å². The molecule has 1 atom stereocenters. The molecule has 1 rings (SSSR count). The molecule has 1 unspecified atom stereocenters. The maximum Gasteiger partial charge on any atom is 0.0709 e. The Morgan fingerprint density at radius 3 is 2.39 bits per heavy atom. The molecule has 1 aromatic carbocycles. The summed E-state index contributed by atoms with van der Waals surface area (Å²) < 4.78 is 0. The van der Waals surface area contributed by atoms with Crippen LogP contribution in [0.4, 0.5) is 0 Å². The topological polar surface area (TPSA) is 12.4 Å². The second-order valence-corrected chi connectivity index (χ2v) is 7.14. The van der Waals surface area contributed by atoms with Crippen LogP contribution in [-0.2, 0) is 6.42 Å². The largest absolute Gasteiger partial charge is 0.251 e. The maximum atomic E-state index is 4.64. The van der Waals surface area contributed by atoms with E-state index in [0.29, 0.717) is 5.25 Å². The SMILES string of the molecule is C=CC(C=C)=C(C)N=C(C)SC(C)C(=C)Cc1ccccc1C. The second-order valence-electron chi connectivity index (χ2n) is 5.60. The van der Waals surface area contributed by atoms with Crippen molar-refractivity contribution in [2.75, 3.05) is 0 Å². The van der Waals surface area contributed by atoms with E-state index in [1.54, 1.807) is 23.9 Å². The molecule has 0 N–H and O–H groups in total. The van der Waals surface area contributed by atoms with Gasteiger partial charge in [-0.2, -0.15) is 0 Å². The fraction of sp³-hybridized carbons (Fsp3) is 0.286. The van der Waals surface area contributed by atoms with Gasteiger partial charge in [0.1, 0.15) is 0 Å². The van der Waals surface area contributed by atoms with Crippen LogP contribution >= 0.6 is 11.8 Å². The van der Waals surface area contributed by atoms with Gasteiger partial charge < -0.3 is 0 Å². The van der Waals surface area contributed by atoms with Crippen molar-refractivity contribution >= 4 is 16.8 Å². The first kappa shape index (κ1) is 19.2. The van der Waals surface area contributed by atoms with Gasteiger partial charge >= 0.3 is 0 Å². The lowest BCUT2D eigenvalue weighted by Gasteiger charge is -2.15. The Balaban J connectivity index is 2.75. The summed E-state index contributed by atoms with van der Waals surface area (Å²) >= 11 is 1.75. The van der Waals surface area contributed by atoms with Crippen molar-refractivity contribution in [2.24, 2.45) is 4.99 Å². The summed E-state index contributed by atoms with van der Waals surface area (Å²) in [6, 6.07) is 8.47. The van der Waals surface area contributed by atoms with Gasteiger partial charge in [-0.15, -0.1) is 11.8 Å². The third kappa shape index (κ3) is 6.07. The Morgan fingerprint density at radius 2 is 1.83 bits per heavy atom. The van der Waals surface area contributed by atoms with Crippen LogP contribution in [0.2, 0.25) is 0 Å². The fourth-order valence-electron chi connectivity index (χ4n) is 2.24. The van der Waals surface area contributed by atoms with E-state index in [9.17, 15) is 0 Å². The normalized spacial score (nSPS) is 12.4. The van der Waals surface area contributed by atoms with E-state index in [0.717, 1.165) is 22.7 Å². The molecule has 0 radical (unpaired) electrons. The lowest BCUT2D eigenvalue weighted by molar-refractivity contribution is 1.02. The van der Waals surface area contributed by atoms with Crippen molar-refractivity contribution in [1.82, 2.24) is 0 Å². The summed E-state index contributed by atoms with van der Waals surface area (Å²) in [6.45, 7) is 20.2. The van der Waals surface area contributed by atoms with E-state index in [-0.39, 0.29) is 0 Å². The molecule has 23 heavy (non-hydrogen) atoms. The van der Waals surface area contributed by atoms with Crippen molar-refractivity contribution in [3.05, 3.63) is 84.1 Å². The zero-order valence-electron chi connectivity index (χ0n) is 14.7. The molecule has 0 heterocycles. The van der Waals surface area contributed by atoms with Crippen LogP contribution in [0.5, 0.6) is 0 Å². The Morgan fingerprint density at radius 1 is 1.22 bits per heavy atom. The number of rotatable bonds is 7. The highest BCUT2D eigenvalue weighted by atomic mass is 32.2. The fourth-order valence-corrected chi connectivity index (χ4v) is 3.19. The van der Waals surface area contributed by atoms with E-state index in [1.807, 2.05) is 13.8 Å². The molecule has 0 amide bonds. The predicted molar refractivity (Wildman–Crippen MR) is 107 cm³/mol. The van der Waals surface area contributed by atoms with Crippen molar-refractivity contribution in [2.45, 2.75) is 39.4 Å². The second kappa shape index (κ2) is 9.36. The first-order valence-corrected chi connectivity index (χ1v) is 8.66. The summed E-state index contributed by atoms with van der Waals surface area (Å²) in [7, 11) is 0. The molecule has 0 aromatic heterocycles. The van der Waals surface area contributed by atoms with Gasteiger partial charge in [-0.3, -0.25) is 4.99 Å². The number of thioether (sulfide) groups is 1. The zero-order valence-corrected chi connectivity index (χ0v) is 15.5. The van der Waals surface area contributed by atoms with Gasteiger partial charge in [0, 0.05) is 10.9 Å². The summed E-state index contributed by atoms with van der Waals surface area (Å²) in [5.74, 6) is 0. The highest BCUT2D eigenvalue weighted by molar-refractivity contribution is 8.14. The van der Waals surface area contributed by atoms with Gasteiger partial charge in [-0.1, -0.05) is 61.7 Å². The van der Waals surface area contributed by atoms with Crippen LogP contribution in [0.1, 0.15) is 31.9 Å². The van der Waals surface area contributed by atoms with E-state index < -0.39 is 0 Å². The molecule has 2 heteroatoms. The number of hydrogen-bond acceptors (Lipinski definition) is 2. The van der Waals surface area contributed by atoms with Crippen LogP contribution in [0, 0.1) is 6.92 Å². The summed E-state index contributed by atoms with van der Waals surface area (Å²) in [5, 5.41) is 1.35. The third-order valence-corrected chi connectivity index (χ3v) is 4.90. The van der Waals surface area contributed by atoms with Crippen molar-refractivity contribution in [3.8, 4) is 0 Å². The van der Waals surface area contributed by atoms with E-state index in [2.05, 4.69) is 62.8 Å². The highest BCUT2D eigenvalue weighted by Crippen LogP contribution is 2.24. The predicted octanol–water partition coefficient (Wildman–Crippen LogP) is 6.28. The molecule has 122 valence electrons. The van der Waals surface area contributed by atoms with Gasteiger partial charge in [-0.05, 0) is 50.8 Å². The van der Waals surface area contributed by atoms with Crippen molar-refractivity contribution < 1.29 is 0 Å². The molecular weight excluding hydrogens is 298 g/mol. The van der Waals surface area contributed by atoms with Gasteiger partial charge in [0.2, 0.25) is 0 Å². The Bertz CT molecular complexity index is 640. The molecule has 1 aromatic rings. The minimum absolute atomic E-state index is 0.321. The minimum Gasteiger partial charge on any atom is -0.251 e. The van der Waals surface area contributed by atoms with E-state index in [4.69, 9.17) is 0 Å². The summed E-state index contributed by atoms with van der Waals surface area (Å²) in [6.07, 6.45) is 4.47. The van der Waals surface area contributed by atoms with E-state index in [1.165, 1.54) is 16.7 Å². The van der Waals surface area contributed by atoms with Gasteiger partial charge in [0.15, 0.2) is 0 Å². The molecule has 0 aliphatic carbocycles. The summed E-state index contributed by atoms with van der Waals surface area (Å²) in [5.41, 5.74) is 5.79. The number of hydrogen-bond donors (Lipinski definition) is 0. The molecular formula is C21H27NS. The Hall–Kier alpha value is -1.80. The molecule has 0 spiro atoms. The highest BCUT2D eigenvalue weighted by Gasteiger charge is 2.11. The number of benzene rings is 1. The molecule has 0 saturated carbocycles. The molecule has 0 saturated heterocycles. The smallest absolute Gasteiger partial charge is 0.0709 e. The lowest BCUT2D eigenvalue weighted by Crippen LogP contribution is -2.07. The average molecular weight is 326 g/mol. The molecule has 0 fully saturated rings. The molecule has 0 bridgehead atoms. The van der Waals surface area contributed by atoms with Crippen LogP contribution < -0.4 is 0 Å². The minimum atomic E-state index is 0.321. The first-order valence-electron chi connectivity index (χ1n) is 7.78. The lowest BCUT2D eigenvalue weighted by atomic mass is 10.0. The number of allylic oxidation sites excluding steroid dienone is 4. The zero-order chi connectivity index (χ0) is 17.4. The van der Waals surface area contributed by atoms with Gasteiger partial charge in [0.05, 0.1) is 5.04 Å². The third-order valence-electron chi connectivity index (χ3n) is 3.78. The molecule has 1 nitrogen and oxygen atoms in total. The molecule has 0 aliphatic heterocycles. The standard InChI is InChI=1S/C21H27NS/c1-8-20(9-2)17(5)22-19(7)23-18(6)16(4)14-21-13-11-10-12-15(21)3/h8-13,18H,1-2,4,14H2,3,5-7H3. The number of nitrogens with zero attached hydrogens (tertiary/aromatic N) is 1. The molecule has 0 aliphatic rings. The van der Waals surface area contributed by atoms with Crippen LogP contribution in [0.3, 0.4) is 0 Å². The van der Waals surface area contributed by atoms with Crippen LogP contribution in [0.25, 0.3) is 0 Å². The Kier molecular flexibility index (Phi) is 7.84. The maximum absolute atomic E-state index is 4.64. The van der Waals surface area contributed by atoms with Crippen molar-refractivity contribution in [3.63, 3.8) is 0 Å². The van der Waals surface area contributed by atoms with Gasteiger partial charge in [0.25, 0.3) is 0 Å². The van der Waals surface area contributed by atoms with Crippen molar-refractivity contribution in [1.29, 1.82) is 0 Å². The quantitative estimate of drug-likeness (QED) is 0.249. The van der Waals surface area contributed by atoms with E-state index >= 15 is 0 Å². The van der Waals surface area contributed by atoms with Crippen LogP contribution in [-0.4, -0.2) is 10.3 Å². The monoisotopic (exact) mass is 325 g/mol. The number of aliphatic imine (C=N–C) groups is 1. The average Bonchev–Trinajstić information content (AvgIpc) is 2.50. The summed E-state index contributed by atoms with van der Waals surface area (Å²) in [4.78, 5) is 4.64. The van der Waals surface area contributed by atoms with Crippen LogP contribution in [0.15, 0.2) is 78.0 Å².